The highest BCUT2D eigenvalue weighted by molar-refractivity contribution is 7.90. The summed E-state index contributed by atoms with van der Waals surface area (Å²) in [6.45, 7) is 2.04. The molecule has 1 aliphatic rings. The number of nitrogens with two attached hydrogens (primary N) is 1. The third-order valence-electron chi connectivity index (χ3n) is 4.68. The molecule has 0 bridgehead atoms. The molecule has 0 saturated carbocycles. The van der Waals surface area contributed by atoms with Crippen LogP contribution < -0.4 is 9.86 Å². The lowest BCUT2D eigenvalue weighted by Crippen LogP contribution is -2.36. The monoisotopic (exact) mass is 409 g/mol. The van der Waals surface area contributed by atoms with Crippen molar-refractivity contribution in [1.29, 1.82) is 0 Å². The van der Waals surface area contributed by atoms with Gasteiger partial charge in [0.25, 0.3) is 0 Å². The zero-order chi connectivity index (χ0) is 19.5. The minimum atomic E-state index is -3.97. The van der Waals surface area contributed by atoms with E-state index in [-0.39, 0.29) is 22.4 Å². The molecule has 1 aliphatic heterocycles. The Balaban J connectivity index is 1.82. The van der Waals surface area contributed by atoms with E-state index in [0.29, 0.717) is 0 Å². The quantitative estimate of drug-likeness (QED) is 0.719. The van der Waals surface area contributed by atoms with Crippen LogP contribution in [0, 0.1) is 0 Å². The van der Waals surface area contributed by atoms with Crippen molar-refractivity contribution in [2.24, 2.45) is 5.14 Å². The number of benzene rings is 2. The van der Waals surface area contributed by atoms with Crippen LogP contribution in [0.3, 0.4) is 0 Å². The van der Waals surface area contributed by atoms with Crippen LogP contribution in [0.4, 0.5) is 0 Å². The molecule has 2 aromatic carbocycles. The van der Waals surface area contributed by atoms with Crippen LogP contribution >= 0.6 is 0 Å². The molecule has 0 spiro atoms. The third kappa shape index (κ3) is 4.94. The molecule has 0 amide bonds. The molecule has 27 heavy (non-hydrogen) atoms. The fourth-order valence-electron chi connectivity index (χ4n) is 3.28. The molecule has 1 heterocycles. The Morgan fingerprint density at radius 1 is 0.926 bits per heavy atom. The maximum atomic E-state index is 12.7. The first-order valence-corrected chi connectivity index (χ1v) is 11.7. The number of hydrogen-bond acceptors (Lipinski definition) is 5. The first-order chi connectivity index (χ1) is 12.8. The molecule has 0 aromatic heterocycles. The molecule has 3 rings (SSSR count). The Morgan fingerprint density at radius 2 is 1.56 bits per heavy atom. The number of primary sulfonamides is 1. The van der Waals surface area contributed by atoms with Gasteiger partial charge in [0.05, 0.1) is 9.79 Å². The summed E-state index contributed by atoms with van der Waals surface area (Å²) in [6, 6.07) is 14.7. The van der Waals surface area contributed by atoms with E-state index in [1.807, 2.05) is 30.3 Å². The van der Waals surface area contributed by atoms with Crippen molar-refractivity contribution >= 4 is 20.0 Å². The minimum Gasteiger partial charge on any atom is -0.295 e. The van der Waals surface area contributed by atoms with E-state index in [1.54, 1.807) is 0 Å². The van der Waals surface area contributed by atoms with Gasteiger partial charge in [0, 0.05) is 12.6 Å². The summed E-state index contributed by atoms with van der Waals surface area (Å²) in [5.41, 5.74) is 1.04. The Morgan fingerprint density at radius 3 is 2.19 bits per heavy atom. The second kappa shape index (κ2) is 8.07. The number of likely N-dealkylation sites (tertiary alicyclic amines) is 1. The maximum Gasteiger partial charge on any atom is 0.240 e. The van der Waals surface area contributed by atoms with Gasteiger partial charge < -0.3 is 0 Å². The molecule has 0 aliphatic carbocycles. The van der Waals surface area contributed by atoms with Crippen molar-refractivity contribution in [1.82, 2.24) is 9.62 Å². The standard InChI is InChI=1S/C18H23N3O4S2/c19-26(22,23)16-9-6-10-17(13-16)27(24,25)20-14-18(21-11-4-5-12-21)15-7-2-1-3-8-15/h1-3,6-10,13,18,20H,4-5,11-12,14H2,(H2,19,22,23). The van der Waals surface area contributed by atoms with Gasteiger partial charge in [0.15, 0.2) is 0 Å². The zero-order valence-corrected chi connectivity index (χ0v) is 16.4. The molecular formula is C18H23N3O4S2. The van der Waals surface area contributed by atoms with Crippen LogP contribution in [-0.2, 0) is 20.0 Å². The molecule has 146 valence electrons. The second-order valence-corrected chi connectivity index (χ2v) is 9.87. The average molecular weight is 410 g/mol. The predicted octanol–water partition coefficient (Wildman–Crippen LogP) is 1.45. The van der Waals surface area contributed by atoms with E-state index in [1.165, 1.54) is 18.2 Å². The lowest BCUT2D eigenvalue weighted by atomic mass is 10.1. The summed E-state index contributed by atoms with van der Waals surface area (Å²) in [7, 11) is -7.85. The Bertz CT molecular complexity index is 986. The summed E-state index contributed by atoms with van der Waals surface area (Å²) >= 11 is 0. The average Bonchev–Trinajstić information content (AvgIpc) is 3.16. The van der Waals surface area contributed by atoms with Crippen molar-refractivity contribution < 1.29 is 16.8 Å². The molecule has 1 fully saturated rings. The maximum absolute atomic E-state index is 12.7. The topological polar surface area (TPSA) is 110 Å². The van der Waals surface area contributed by atoms with Gasteiger partial charge in [-0.3, -0.25) is 4.90 Å². The van der Waals surface area contributed by atoms with Gasteiger partial charge in [0.1, 0.15) is 0 Å². The van der Waals surface area contributed by atoms with Crippen molar-refractivity contribution in [2.45, 2.75) is 28.7 Å². The molecule has 1 atom stereocenters. The van der Waals surface area contributed by atoms with Gasteiger partial charge in [-0.1, -0.05) is 36.4 Å². The van der Waals surface area contributed by atoms with Gasteiger partial charge in [-0.15, -0.1) is 0 Å². The van der Waals surface area contributed by atoms with E-state index in [0.717, 1.165) is 37.6 Å². The number of rotatable bonds is 7. The first-order valence-electron chi connectivity index (χ1n) is 8.69. The highest BCUT2D eigenvalue weighted by Crippen LogP contribution is 2.25. The Kier molecular flexibility index (Phi) is 5.97. The Hall–Kier alpha value is -1.78. The second-order valence-electron chi connectivity index (χ2n) is 6.54. The molecule has 1 unspecified atom stereocenters. The van der Waals surface area contributed by atoms with E-state index < -0.39 is 20.0 Å². The normalized spacial score (nSPS) is 17.1. The van der Waals surface area contributed by atoms with Gasteiger partial charge in [-0.2, -0.15) is 0 Å². The van der Waals surface area contributed by atoms with Gasteiger partial charge in [-0.25, -0.2) is 26.7 Å². The SMILES string of the molecule is NS(=O)(=O)c1cccc(S(=O)(=O)NCC(c2ccccc2)N2CCCC2)c1. The Labute approximate surface area is 160 Å². The molecule has 0 radical (unpaired) electrons. The summed E-state index contributed by atoms with van der Waals surface area (Å²) in [4.78, 5) is 1.91. The number of sulfonamides is 2. The molecule has 9 heteroatoms. The van der Waals surface area contributed by atoms with Crippen LogP contribution in [0.5, 0.6) is 0 Å². The van der Waals surface area contributed by atoms with E-state index >= 15 is 0 Å². The summed E-state index contributed by atoms with van der Waals surface area (Å²) in [5.74, 6) is 0. The fraction of sp³-hybridized carbons (Fsp3) is 0.333. The first kappa shape index (κ1) is 20.0. The molecule has 2 aromatic rings. The molecule has 7 nitrogen and oxygen atoms in total. The van der Waals surface area contributed by atoms with Gasteiger partial charge in [-0.05, 0) is 49.7 Å². The van der Waals surface area contributed by atoms with E-state index in [2.05, 4.69) is 9.62 Å². The number of nitrogens with one attached hydrogen (secondary N) is 1. The smallest absolute Gasteiger partial charge is 0.240 e. The van der Waals surface area contributed by atoms with Gasteiger partial charge in [0.2, 0.25) is 20.0 Å². The van der Waals surface area contributed by atoms with E-state index in [9.17, 15) is 16.8 Å². The van der Waals surface area contributed by atoms with Crippen LogP contribution in [0.2, 0.25) is 0 Å². The summed E-state index contributed by atoms with van der Waals surface area (Å²) < 4.78 is 51.0. The molecule has 3 N–H and O–H groups in total. The fourth-order valence-corrected chi connectivity index (χ4v) is 4.99. The largest absolute Gasteiger partial charge is 0.295 e. The lowest BCUT2D eigenvalue weighted by Gasteiger charge is -2.28. The lowest BCUT2D eigenvalue weighted by molar-refractivity contribution is 0.246. The predicted molar refractivity (Wildman–Crippen MR) is 103 cm³/mol. The third-order valence-corrected chi connectivity index (χ3v) is 7.01. The van der Waals surface area contributed by atoms with Crippen LogP contribution in [0.1, 0.15) is 24.4 Å². The van der Waals surface area contributed by atoms with Crippen molar-refractivity contribution in [3.8, 4) is 0 Å². The zero-order valence-electron chi connectivity index (χ0n) is 14.8. The van der Waals surface area contributed by atoms with Crippen molar-refractivity contribution in [2.75, 3.05) is 19.6 Å². The van der Waals surface area contributed by atoms with Gasteiger partial charge >= 0.3 is 0 Å². The van der Waals surface area contributed by atoms with Crippen molar-refractivity contribution in [3.05, 3.63) is 60.2 Å². The van der Waals surface area contributed by atoms with Crippen LogP contribution in [0.15, 0.2) is 64.4 Å². The molecule has 1 saturated heterocycles. The molecular weight excluding hydrogens is 386 g/mol. The van der Waals surface area contributed by atoms with Crippen LogP contribution in [0.25, 0.3) is 0 Å². The highest BCUT2D eigenvalue weighted by Gasteiger charge is 2.26. The van der Waals surface area contributed by atoms with Crippen LogP contribution in [-0.4, -0.2) is 41.4 Å². The summed E-state index contributed by atoms with van der Waals surface area (Å²) in [5, 5.41) is 5.10. The highest BCUT2D eigenvalue weighted by atomic mass is 32.2. The number of nitrogens with zero attached hydrogens (tertiary/aromatic N) is 1. The van der Waals surface area contributed by atoms with Crippen molar-refractivity contribution in [3.63, 3.8) is 0 Å². The number of hydrogen-bond donors (Lipinski definition) is 2. The summed E-state index contributed by atoms with van der Waals surface area (Å²) in [6.07, 6.45) is 2.18. The van der Waals surface area contributed by atoms with E-state index in [4.69, 9.17) is 5.14 Å². The minimum absolute atomic E-state index is 0.0788.